The highest BCUT2D eigenvalue weighted by molar-refractivity contribution is 5.99. The summed E-state index contributed by atoms with van der Waals surface area (Å²) in [5.41, 5.74) is 0. The topological polar surface area (TPSA) is 60.9 Å². The van der Waals surface area contributed by atoms with Gasteiger partial charge in [0, 0.05) is 14.1 Å². The number of amides is 3. The van der Waals surface area contributed by atoms with Crippen molar-refractivity contribution in [2.75, 3.05) is 14.1 Å². The first-order valence-electron chi connectivity index (χ1n) is 3.33. The van der Waals surface area contributed by atoms with Gasteiger partial charge in [0.2, 0.25) is 6.17 Å². The normalized spacial score (nSPS) is 31.3. The van der Waals surface area contributed by atoms with Crippen molar-refractivity contribution in [3.05, 3.63) is 0 Å². The van der Waals surface area contributed by atoms with E-state index in [1.807, 2.05) is 0 Å². The maximum Gasteiger partial charge on any atom is 0.328 e. The Bertz CT molecular complexity index is 211. The summed E-state index contributed by atoms with van der Waals surface area (Å²) in [4.78, 5) is 23.2. The molecule has 0 bridgehead atoms. The highest BCUT2D eigenvalue weighted by Crippen LogP contribution is 2.15. The van der Waals surface area contributed by atoms with Crippen molar-refractivity contribution in [3.63, 3.8) is 0 Å². The van der Waals surface area contributed by atoms with Crippen LogP contribution in [0.3, 0.4) is 0 Å². The molecule has 1 fully saturated rings. The molecule has 2 atom stereocenters. The molecular weight excluding hydrogens is 167 g/mol. The van der Waals surface area contributed by atoms with Gasteiger partial charge in [-0.05, 0) is 0 Å². The Labute approximate surface area is 68.4 Å². The molecule has 0 saturated carbocycles. The second kappa shape index (κ2) is 2.71. The molecule has 0 aromatic heterocycles. The van der Waals surface area contributed by atoms with E-state index >= 15 is 0 Å². The molecule has 2 unspecified atom stereocenters. The molecule has 0 spiro atoms. The molecule has 1 heterocycles. The summed E-state index contributed by atoms with van der Waals surface area (Å²) in [5, 5.41) is 8.99. The summed E-state index contributed by atoms with van der Waals surface area (Å²) in [5.74, 6) is -1.01. The van der Waals surface area contributed by atoms with Crippen molar-refractivity contribution in [1.29, 1.82) is 0 Å². The zero-order chi connectivity index (χ0) is 9.46. The van der Waals surface area contributed by atoms with Gasteiger partial charge in [-0.2, -0.15) is 0 Å². The molecule has 1 saturated heterocycles. The van der Waals surface area contributed by atoms with Gasteiger partial charge in [0.05, 0.1) is 0 Å². The number of halogens is 1. The number of aliphatic hydroxyl groups is 1. The van der Waals surface area contributed by atoms with Crippen LogP contribution in [0.25, 0.3) is 0 Å². The fourth-order valence-electron chi connectivity index (χ4n) is 0.953. The number of hydrogen-bond donors (Lipinski definition) is 1. The van der Waals surface area contributed by atoms with Gasteiger partial charge in [-0.15, -0.1) is 0 Å². The first-order chi connectivity index (χ1) is 5.46. The van der Waals surface area contributed by atoms with Crippen LogP contribution in [0.4, 0.5) is 9.18 Å². The molecule has 0 radical (unpaired) electrons. The predicted molar refractivity (Wildman–Crippen MR) is 36.8 cm³/mol. The lowest BCUT2D eigenvalue weighted by molar-refractivity contribution is -0.148. The zero-order valence-corrected chi connectivity index (χ0v) is 6.69. The smallest absolute Gasteiger partial charge is 0.328 e. The molecule has 0 aromatic rings. The molecule has 5 nitrogen and oxygen atoms in total. The van der Waals surface area contributed by atoms with Gasteiger partial charge < -0.3 is 5.11 Å². The summed E-state index contributed by atoms with van der Waals surface area (Å²) in [6.45, 7) is 0. The van der Waals surface area contributed by atoms with Crippen molar-refractivity contribution in [1.82, 2.24) is 9.80 Å². The van der Waals surface area contributed by atoms with Crippen molar-refractivity contribution in [2.45, 2.75) is 12.4 Å². The number of nitrogens with zero attached hydrogens (tertiary/aromatic N) is 2. The lowest BCUT2D eigenvalue weighted by atomic mass is 10.2. The predicted octanol–water partition coefficient (Wildman–Crippen LogP) is -0.833. The summed E-state index contributed by atoms with van der Waals surface area (Å²) in [6.07, 6.45) is -3.71. The van der Waals surface area contributed by atoms with E-state index in [0.717, 1.165) is 4.90 Å². The third-order valence-corrected chi connectivity index (χ3v) is 1.81. The molecule has 0 aromatic carbocycles. The van der Waals surface area contributed by atoms with Crippen LogP contribution in [0.5, 0.6) is 0 Å². The van der Waals surface area contributed by atoms with Gasteiger partial charge in [0.25, 0.3) is 5.91 Å². The third-order valence-electron chi connectivity index (χ3n) is 1.81. The molecule has 12 heavy (non-hydrogen) atoms. The summed E-state index contributed by atoms with van der Waals surface area (Å²) < 4.78 is 12.8. The van der Waals surface area contributed by atoms with Crippen molar-refractivity contribution < 1.29 is 19.1 Å². The number of hydrogen-bond acceptors (Lipinski definition) is 3. The van der Waals surface area contributed by atoms with E-state index in [9.17, 15) is 14.0 Å². The standard InChI is InChI=1S/C6H9FN2O3/c1-8-4(10)3(7)5(11)9(2)6(8)12/h3-4,10H,1-2H3. The van der Waals surface area contributed by atoms with Gasteiger partial charge in [-0.3, -0.25) is 14.6 Å². The van der Waals surface area contributed by atoms with E-state index < -0.39 is 24.3 Å². The SMILES string of the molecule is CN1C(=O)C(F)C(O)N(C)C1=O. The molecule has 3 amide bonds. The van der Waals surface area contributed by atoms with Crippen LogP contribution < -0.4 is 0 Å². The Morgan fingerprint density at radius 1 is 1.42 bits per heavy atom. The number of alkyl halides is 1. The van der Waals surface area contributed by atoms with Crippen LogP contribution >= 0.6 is 0 Å². The quantitative estimate of drug-likeness (QED) is 0.524. The Morgan fingerprint density at radius 2 is 1.92 bits per heavy atom. The number of rotatable bonds is 0. The van der Waals surface area contributed by atoms with Gasteiger partial charge in [-0.1, -0.05) is 0 Å². The van der Waals surface area contributed by atoms with Crippen LogP contribution in [0.2, 0.25) is 0 Å². The van der Waals surface area contributed by atoms with Crippen LogP contribution in [-0.4, -0.2) is 53.3 Å². The second-order valence-corrected chi connectivity index (χ2v) is 2.61. The number of imide groups is 1. The fraction of sp³-hybridized carbons (Fsp3) is 0.667. The minimum Gasteiger partial charge on any atom is -0.370 e. The molecule has 1 N–H and O–H groups in total. The molecular formula is C6H9FN2O3. The minimum atomic E-state index is -2.04. The minimum absolute atomic E-state index is 0.636. The Balaban J connectivity index is 2.91. The van der Waals surface area contributed by atoms with Crippen molar-refractivity contribution >= 4 is 11.9 Å². The van der Waals surface area contributed by atoms with E-state index in [1.165, 1.54) is 14.1 Å². The average Bonchev–Trinajstić information content (AvgIpc) is 2.08. The summed E-state index contributed by atoms with van der Waals surface area (Å²) in [6, 6.07) is -0.707. The van der Waals surface area contributed by atoms with E-state index in [4.69, 9.17) is 5.11 Å². The molecule has 1 aliphatic rings. The van der Waals surface area contributed by atoms with Crippen molar-refractivity contribution in [2.24, 2.45) is 0 Å². The monoisotopic (exact) mass is 176 g/mol. The molecule has 6 heteroatoms. The van der Waals surface area contributed by atoms with Gasteiger partial charge in [-0.25, -0.2) is 9.18 Å². The van der Waals surface area contributed by atoms with Gasteiger partial charge >= 0.3 is 6.03 Å². The van der Waals surface area contributed by atoms with Crippen LogP contribution in [0.1, 0.15) is 0 Å². The fourth-order valence-corrected chi connectivity index (χ4v) is 0.953. The number of urea groups is 1. The second-order valence-electron chi connectivity index (χ2n) is 2.61. The highest BCUT2D eigenvalue weighted by Gasteiger charge is 2.42. The van der Waals surface area contributed by atoms with E-state index in [0.29, 0.717) is 4.90 Å². The maximum atomic E-state index is 12.8. The summed E-state index contributed by atoms with van der Waals surface area (Å²) in [7, 11) is 2.39. The molecule has 1 rings (SSSR count). The van der Waals surface area contributed by atoms with Crippen molar-refractivity contribution in [3.8, 4) is 0 Å². The Hall–Kier alpha value is -1.17. The summed E-state index contributed by atoms with van der Waals surface area (Å²) >= 11 is 0. The van der Waals surface area contributed by atoms with Gasteiger partial charge in [0.15, 0.2) is 6.23 Å². The Morgan fingerprint density at radius 3 is 2.42 bits per heavy atom. The molecule has 1 aliphatic heterocycles. The number of aliphatic hydroxyl groups excluding tert-OH is 1. The number of carbonyl (C=O) groups excluding carboxylic acids is 2. The largest absolute Gasteiger partial charge is 0.370 e. The third kappa shape index (κ3) is 1.04. The van der Waals surface area contributed by atoms with Crippen LogP contribution in [-0.2, 0) is 4.79 Å². The average molecular weight is 176 g/mol. The van der Waals surface area contributed by atoms with E-state index in [2.05, 4.69) is 0 Å². The molecule has 0 aliphatic carbocycles. The Kier molecular flexibility index (Phi) is 2.01. The van der Waals surface area contributed by atoms with Crippen LogP contribution in [0.15, 0.2) is 0 Å². The zero-order valence-electron chi connectivity index (χ0n) is 6.69. The van der Waals surface area contributed by atoms with E-state index in [1.54, 1.807) is 0 Å². The molecule has 68 valence electrons. The van der Waals surface area contributed by atoms with Crippen LogP contribution in [0, 0.1) is 0 Å². The number of carbonyl (C=O) groups is 2. The lowest BCUT2D eigenvalue weighted by Crippen LogP contribution is -2.60. The lowest BCUT2D eigenvalue weighted by Gasteiger charge is -2.35. The highest BCUT2D eigenvalue weighted by atomic mass is 19.1. The first kappa shape index (κ1) is 8.92. The van der Waals surface area contributed by atoms with E-state index in [-0.39, 0.29) is 0 Å². The maximum absolute atomic E-state index is 12.8. The first-order valence-corrected chi connectivity index (χ1v) is 3.33. The van der Waals surface area contributed by atoms with Gasteiger partial charge in [0.1, 0.15) is 0 Å².